The van der Waals surface area contributed by atoms with Gasteiger partial charge in [-0.2, -0.15) is 0 Å². The first kappa shape index (κ1) is 16.3. The van der Waals surface area contributed by atoms with Gasteiger partial charge in [0.15, 0.2) is 5.96 Å². The predicted octanol–water partition coefficient (Wildman–Crippen LogP) is 2.62. The van der Waals surface area contributed by atoms with E-state index in [4.69, 9.17) is 4.74 Å². The van der Waals surface area contributed by atoms with Gasteiger partial charge in [-0.1, -0.05) is 24.3 Å². The molecule has 0 saturated carbocycles. The van der Waals surface area contributed by atoms with E-state index in [-0.39, 0.29) is 6.04 Å². The van der Waals surface area contributed by atoms with Gasteiger partial charge in [-0.3, -0.25) is 9.98 Å². The number of hydrogen-bond donors (Lipinski definition) is 2. The monoisotopic (exact) mass is 324 g/mol. The largest absolute Gasteiger partial charge is 0.493 e. The molecule has 2 heterocycles. The third-order valence-corrected chi connectivity index (χ3v) is 4.17. The average molecular weight is 324 g/mol. The van der Waals surface area contributed by atoms with E-state index in [1.807, 2.05) is 37.4 Å². The second-order valence-electron chi connectivity index (χ2n) is 5.93. The fourth-order valence-corrected chi connectivity index (χ4v) is 2.82. The molecule has 0 radical (unpaired) electrons. The van der Waals surface area contributed by atoms with Crippen molar-refractivity contribution in [2.24, 2.45) is 4.99 Å². The zero-order valence-electron chi connectivity index (χ0n) is 14.2. The minimum Gasteiger partial charge on any atom is -0.493 e. The lowest BCUT2D eigenvalue weighted by atomic mass is 10.0. The summed E-state index contributed by atoms with van der Waals surface area (Å²) < 4.78 is 5.71. The van der Waals surface area contributed by atoms with E-state index >= 15 is 0 Å². The Bertz CT molecular complexity index is 697. The second-order valence-corrected chi connectivity index (χ2v) is 5.93. The first-order chi connectivity index (χ1) is 11.8. The maximum atomic E-state index is 5.71. The van der Waals surface area contributed by atoms with E-state index in [0.29, 0.717) is 0 Å². The van der Waals surface area contributed by atoms with E-state index in [9.17, 15) is 0 Å². The van der Waals surface area contributed by atoms with Crippen molar-refractivity contribution in [2.45, 2.75) is 25.8 Å². The highest BCUT2D eigenvalue weighted by Gasteiger charge is 2.21. The van der Waals surface area contributed by atoms with Gasteiger partial charge in [-0.15, -0.1) is 0 Å². The van der Waals surface area contributed by atoms with Gasteiger partial charge in [0.1, 0.15) is 5.75 Å². The number of guanidine groups is 1. The van der Waals surface area contributed by atoms with E-state index in [0.717, 1.165) is 43.4 Å². The van der Waals surface area contributed by atoms with Crippen LogP contribution in [-0.2, 0) is 6.42 Å². The first-order valence-corrected chi connectivity index (χ1v) is 8.36. The molecule has 1 unspecified atom stereocenters. The Hall–Kier alpha value is -2.56. The number of nitrogens with zero attached hydrogens (tertiary/aromatic N) is 2. The molecule has 0 aliphatic carbocycles. The molecule has 126 valence electrons. The second kappa shape index (κ2) is 7.81. The van der Waals surface area contributed by atoms with Crippen molar-refractivity contribution in [3.63, 3.8) is 0 Å². The maximum Gasteiger partial charge on any atom is 0.191 e. The van der Waals surface area contributed by atoms with Crippen LogP contribution in [0.15, 0.2) is 47.6 Å². The first-order valence-electron chi connectivity index (χ1n) is 8.36. The Morgan fingerprint density at radius 1 is 1.29 bits per heavy atom. The summed E-state index contributed by atoms with van der Waals surface area (Å²) >= 11 is 0. The maximum absolute atomic E-state index is 5.71. The van der Waals surface area contributed by atoms with Crippen molar-refractivity contribution in [3.8, 4) is 5.75 Å². The Balaban J connectivity index is 1.55. The summed E-state index contributed by atoms with van der Waals surface area (Å²) in [5, 5.41) is 6.88. The van der Waals surface area contributed by atoms with Gasteiger partial charge >= 0.3 is 0 Å². The molecule has 1 aromatic heterocycles. The number of fused-ring (bicyclic) bond motifs is 1. The molecule has 1 aliphatic rings. The quantitative estimate of drug-likeness (QED) is 0.670. The SMILES string of the molecule is CN=C(NCCc1ccc(C)nc1)NC1CCOc2ccccc21. The number of nitrogens with one attached hydrogen (secondary N) is 2. The Kier molecular flexibility index (Phi) is 5.31. The predicted molar refractivity (Wildman–Crippen MR) is 96.5 cm³/mol. The minimum absolute atomic E-state index is 0.224. The zero-order valence-corrected chi connectivity index (χ0v) is 14.2. The Labute approximate surface area is 143 Å². The summed E-state index contributed by atoms with van der Waals surface area (Å²) in [6, 6.07) is 12.6. The van der Waals surface area contributed by atoms with Gasteiger partial charge in [0.25, 0.3) is 0 Å². The van der Waals surface area contributed by atoms with Crippen LogP contribution in [0.2, 0.25) is 0 Å². The van der Waals surface area contributed by atoms with Gasteiger partial charge in [0, 0.05) is 37.5 Å². The van der Waals surface area contributed by atoms with Crippen LogP contribution < -0.4 is 15.4 Å². The Morgan fingerprint density at radius 2 is 2.17 bits per heavy atom. The number of pyridine rings is 1. The molecule has 0 fully saturated rings. The topological polar surface area (TPSA) is 58.5 Å². The molecule has 1 aromatic carbocycles. The number of aryl methyl sites for hydroxylation is 1. The van der Waals surface area contributed by atoms with Gasteiger partial charge in [0.2, 0.25) is 0 Å². The lowest BCUT2D eigenvalue weighted by Crippen LogP contribution is -2.41. The zero-order chi connectivity index (χ0) is 16.8. The van der Waals surface area contributed by atoms with Crippen LogP contribution in [-0.4, -0.2) is 31.1 Å². The van der Waals surface area contributed by atoms with Crippen LogP contribution in [0.4, 0.5) is 0 Å². The summed E-state index contributed by atoms with van der Waals surface area (Å²) in [6.45, 7) is 3.54. The van der Waals surface area contributed by atoms with Crippen molar-refractivity contribution in [3.05, 3.63) is 59.4 Å². The molecule has 0 bridgehead atoms. The van der Waals surface area contributed by atoms with Crippen LogP contribution >= 0.6 is 0 Å². The molecule has 3 rings (SSSR count). The van der Waals surface area contributed by atoms with Crippen molar-refractivity contribution in [1.29, 1.82) is 0 Å². The summed E-state index contributed by atoms with van der Waals surface area (Å²) in [7, 11) is 1.80. The smallest absolute Gasteiger partial charge is 0.191 e. The van der Waals surface area contributed by atoms with Crippen LogP contribution in [0, 0.1) is 6.92 Å². The van der Waals surface area contributed by atoms with Crippen LogP contribution in [0.3, 0.4) is 0 Å². The molecular weight excluding hydrogens is 300 g/mol. The number of hydrogen-bond acceptors (Lipinski definition) is 3. The summed E-state index contributed by atoms with van der Waals surface area (Å²) in [6.07, 6.45) is 3.78. The number of aliphatic imine (C=N–C) groups is 1. The normalized spacial score (nSPS) is 16.9. The highest BCUT2D eigenvalue weighted by atomic mass is 16.5. The highest BCUT2D eigenvalue weighted by Crippen LogP contribution is 2.31. The van der Waals surface area contributed by atoms with E-state index in [1.165, 1.54) is 11.1 Å². The van der Waals surface area contributed by atoms with Crippen molar-refractivity contribution < 1.29 is 4.74 Å². The van der Waals surface area contributed by atoms with Crippen LogP contribution in [0.25, 0.3) is 0 Å². The molecule has 5 heteroatoms. The van der Waals surface area contributed by atoms with Crippen molar-refractivity contribution in [2.75, 3.05) is 20.2 Å². The molecule has 2 aromatic rings. The lowest BCUT2D eigenvalue weighted by Gasteiger charge is -2.28. The lowest BCUT2D eigenvalue weighted by molar-refractivity contribution is 0.261. The molecule has 0 amide bonds. The van der Waals surface area contributed by atoms with Crippen LogP contribution in [0.1, 0.15) is 29.3 Å². The van der Waals surface area contributed by atoms with E-state index in [1.54, 1.807) is 7.05 Å². The molecule has 2 N–H and O–H groups in total. The fraction of sp³-hybridized carbons (Fsp3) is 0.368. The minimum atomic E-state index is 0.224. The molecule has 0 spiro atoms. The van der Waals surface area contributed by atoms with Gasteiger partial charge < -0.3 is 15.4 Å². The molecule has 24 heavy (non-hydrogen) atoms. The van der Waals surface area contributed by atoms with Crippen molar-refractivity contribution in [1.82, 2.24) is 15.6 Å². The third kappa shape index (κ3) is 4.04. The molecular formula is C19H24N4O. The number of para-hydroxylation sites is 1. The number of aromatic nitrogens is 1. The van der Waals surface area contributed by atoms with Gasteiger partial charge in [-0.05, 0) is 31.0 Å². The fourth-order valence-electron chi connectivity index (χ4n) is 2.82. The average Bonchev–Trinajstić information content (AvgIpc) is 2.62. The highest BCUT2D eigenvalue weighted by molar-refractivity contribution is 5.80. The molecule has 5 nitrogen and oxygen atoms in total. The van der Waals surface area contributed by atoms with Crippen molar-refractivity contribution >= 4 is 5.96 Å². The standard InChI is InChI=1S/C19H24N4O/c1-14-7-8-15(13-22-14)9-11-21-19(20-2)23-17-10-12-24-18-6-4-3-5-16(17)18/h3-8,13,17H,9-12H2,1-2H3,(H2,20,21,23). The molecule has 0 saturated heterocycles. The molecule has 1 aliphatic heterocycles. The van der Waals surface area contributed by atoms with Crippen LogP contribution in [0.5, 0.6) is 5.75 Å². The summed E-state index contributed by atoms with van der Waals surface area (Å²) in [5.41, 5.74) is 3.46. The molecule has 1 atom stereocenters. The van der Waals surface area contributed by atoms with Gasteiger partial charge in [0.05, 0.1) is 12.6 Å². The van der Waals surface area contributed by atoms with E-state index < -0.39 is 0 Å². The summed E-state index contributed by atoms with van der Waals surface area (Å²) in [4.78, 5) is 8.67. The Morgan fingerprint density at radius 3 is 2.96 bits per heavy atom. The third-order valence-electron chi connectivity index (χ3n) is 4.17. The summed E-state index contributed by atoms with van der Waals surface area (Å²) in [5.74, 6) is 1.78. The number of benzene rings is 1. The van der Waals surface area contributed by atoms with E-state index in [2.05, 4.69) is 32.7 Å². The number of ether oxygens (including phenoxy) is 1. The number of rotatable bonds is 4. The van der Waals surface area contributed by atoms with Gasteiger partial charge in [-0.25, -0.2) is 0 Å².